The summed E-state index contributed by atoms with van der Waals surface area (Å²) in [6, 6.07) is 17.3. The maximum atomic E-state index is 13.4. The molecular weight excluding hydrogens is 354 g/mol. The molecule has 3 aromatic rings. The molecule has 2 amide bonds. The van der Waals surface area contributed by atoms with Crippen LogP contribution in [-0.4, -0.2) is 47.1 Å². The van der Waals surface area contributed by atoms with E-state index < -0.39 is 12.0 Å². The summed E-state index contributed by atoms with van der Waals surface area (Å²) in [4.78, 5) is 32.1. The number of fused-ring (bicyclic) bond motifs is 1. The second kappa shape index (κ2) is 7.31. The lowest BCUT2D eigenvalue weighted by Crippen LogP contribution is -2.37. The van der Waals surface area contributed by atoms with Crippen LogP contribution in [0.3, 0.4) is 0 Å². The molecule has 1 saturated heterocycles. The molecule has 1 aromatic heterocycles. The Morgan fingerprint density at radius 1 is 1.07 bits per heavy atom. The molecule has 0 aliphatic carbocycles. The minimum absolute atomic E-state index is 0.0816. The highest BCUT2D eigenvalue weighted by atomic mass is 16.4. The lowest BCUT2D eigenvalue weighted by molar-refractivity contribution is -0.122. The molecule has 0 unspecified atom stereocenters. The zero-order valence-corrected chi connectivity index (χ0v) is 15.5. The van der Waals surface area contributed by atoms with Gasteiger partial charge in [-0.15, -0.1) is 0 Å². The fourth-order valence-corrected chi connectivity index (χ4v) is 4.01. The van der Waals surface area contributed by atoms with Crippen LogP contribution in [0.1, 0.15) is 11.5 Å². The molecule has 0 spiro atoms. The van der Waals surface area contributed by atoms with Crippen LogP contribution in [0.15, 0.2) is 67.0 Å². The number of pyridine rings is 1. The lowest BCUT2D eigenvalue weighted by Gasteiger charge is -2.25. The molecule has 0 bridgehead atoms. The lowest BCUT2D eigenvalue weighted by atomic mass is 9.88. The number of carbonyl (C=O) groups excluding carboxylic acids is 1. The number of carbonyl (C=O) groups is 2. The monoisotopic (exact) mass is 375 g/mol. The fraction of sp³-hybridized carbons (Fsp3) is 0.227. The zero-order valence-electron chi connectivity index (χ0n) is 15.5. The molecule has 6 nitrogen and oxygen atoms in total. The van der Waals surface area contributed by atoms with Crippen molar-refractivity contribution >= 4 is 28.5 Å². The standard InChI is InChI=1S/C22H21N3O3/c1-24(20-9-5-8-16-12-23-11-10-17(16)20)21(26)19-14-25(22(27)28)13-18(19)15-6-3-2-4-7-15/h2-12,18-19H,13-14H2,1H3,(H,27,28)/t18-,19+/m1/s1. The third-order valence-electron chi connectivity index (χ3n) is 5.48. The summed E-state index contributed by atoms with van der Waals surface area (Å²) in [5, 5.41) is 11.4. The predicted octanol–water partition coefficient (Wildman–Crippen LogP) is 3.59. The second-order valence-electron chi connectivity index (χ2n) is 7.08. The van der Waals surface area contributed by atoms with Crippen LogP contribution in [0.5, 0.6) is 0 Å². The molecule has 142 valence electrons. The Kier molecular flexibility index (Phi) is 4.69. The van der Waals surface area contributed by atoms with Gasteiger partial charge in [0.2, 0.25) is 5.91 Å². The first-order chi connectivity index (χ1) is 13.6. The van der Waals surface area contributed by atoms with Crippen molar-refractivity contribution in [1.29, 1.82) is 0 Å². The number of anilines is 1. The molecule has 28 heavy (non-hydrogen) atoms. The largest absolute Gasteiger partial charge is 0.465 e. The van der Waals surface area contributed by atoms with Crippen LogP contribution < -0.4 is 4.90 Å². The summed E-state index contributed by atoms with van der Waals surface area (Å²) in [5.41, 5.74) is 1.78. The van der Waals surface area contributed by atoms with Crippen molar-refractivity contribution in [3.8, 4) is 0 Å². The van der Waals surface area contributed by atoms with E-state index in [1.165, 1.54) is 4.90 Å². The zero-order chi connectivity index (χ0) is 19.7. The van der Waals surface area contributed by atoms with E-state index in [1.807, 2.05) is 54.6 Å². The highest BCUT2D eigenvalue weighted by molar-refractivity contribution is 6.04. The molecule has 0 radical (unpaired) electrons. The van der Waals surface area contributed by atoms with Crippen LogP contribution in [0, 0.1) is 5.92 Å². The number of likely N-dealkylation sites (tertiary alicyclic amines) is 1. The van der Waals surface area contributed by atoms with Gasteiger partial charge in [0.05, 0.1) is 11.6 Å². The topological polar surface area (TPSA) is 73.7 Å². The summed E-state index contributed by atoms with van der Waals surface area (Å²) in [6.07, 6.45) is 2.49. The maximum Gasteiger partial charge on any atom is 0.407 e. The first kappa shape index (κ1) is 18.0. The quantitative estimate of drug-likeness (QED) is 0.759. The summed E-state index contributed by atoms with van der Waals surface area (Å²) >= 11 is 0. The average Bonchev–Trinajstić information content (AvgIpc) is 3.19. The number of rotatable bonds is 3. The number of amides is 2. The van der Waals surface area contributed by atoms with Crippen molar-refractivity contribution in [2.24, 2.45) is 5.92 Å². The van der Waals surface area contributed by atoms with Gasteiger partial charge in [0, 0.05) is 49.2 Å². The minimum Gasteiger partial charge on any atom is -0.465 e. The van der Waals surface area contributed by atoms with E-state index in [1.54, 1.807) is 24.3 Å². The predicted molar refractivity (Wildman–Crippen MR) is 107 cm³/mol. The average molecular weight is 375 g/mol. The summed E-state index contributed by atoms with van der Waals surface area (Å²) in [7, 11) is 1.75. The van der Waals surface area contributed by atoms with Gasteiger partial charge in [0.25, 0.3) is 0 Å². The molecule has 1 fully saturated rings. The first-order valence-electron chi connectivity index (χ1n) is 9.19. The van der Waals surface area contributed by atoms with Gasteiger partial charge in [0.15, 0.2) is 0 Å². The SMILES string of the molecule is CN(C(=O)[C@H]1CN(C(=O)O)C[C@@H]1c1ccccc1)c1cccc2cnccc12. The van der Waals surface area contributed by atoms with E-state index in [9.17, 15) is 14.7 Å². The molecule has 0 saturated carbocycles. The van der Waals surface area contributed by atoms with Crippen LogP contribution in [0.2, 0.25) is 0 Å². The Hall–Kier alpha value is -3.41. The Morgan fingerprint density at radius 2 is 1.86 bits per heavy atom. The molecule has 1 aliphatic heterocycles. The molecule has 2 aromatic carbocycles. The van der Waals surface area contributed by atoms with Crippen LogP contribution in [-0.2, 0) is 4.79 Å². The Labute approximate surface area is 163 Å². The second-order valence-corrected chi connectivity index (χ2v) is 7.08. The number of aromatic nitrogens is 1. The highest BCUT2D eigenvalue weighted by Crippen LogP contribution is 2.35. The molecule has 2 heterocycles. The van der Waals surface area contributed by atoms with Crippen molar-refractivity contribution in [3.05, 3.63) is 72.6 Å². The van der Waals surface area contributed by atoms with Gasteiger partial charge >= 0.3 is 6.09 Å². The van der Waals surface area contributed by atoms with E-state index in [0.717, 1.165) is 22.0 Å². The van der Waals surface area contributed by atoms with Crippen molar-refractivity contribution < 1.29 is 14.7 Å². The molecule has 1 aliphatic rings. The van der Waals surface area contributed by atoms with Gasteiger partial charge in [-0.1, -0.05) is 42.5 Å². The molecule has 6 heteroatoms. The minimum atomic E-state index is -0.991. The van der Waals surface area contributed by atoms with Gasteiger partial charge < -0.3 is 14.9 Å². The summed E-state index contributed by atoms with van der Waals surface area (Å²) in [6.45, 7) is 0.521. The van der Waals surface area contributed by atoms with Crippen molar-refractivity contribution in [2.75, 3.05) is 25.0 Å². The van der Waals surface area contributed by atoms with Crippen molar-refractivity contribution in [3.63, 3.8) is 0 Å². The van der Waals surface area contributed by atoms with E-state index >= 15 is 0 Å². The number of benzene rings is 2. The normalized spacial score (nSPS) is 19.0. The number of nitrogens with zero attached hydrogens (tertiary/aromatic N) is 3. The summed E-state index contributed by atoms with van der Waals surface area (Å²) < 4.78 is 0. The number of hydrogen-bond donors (Lipinski definition) is 1. The first-order valence-corrected chi connectivity index (χ1v) is 9.19. The molecule has 2 atom stereocenters. The Balaban J connectivity index is 1.69. The van der Waals surface area contributed by atoms with E-state index in [0.29, 0.717) is 6.54 Å². The van der Waals surface area contributed by atoms with Crippen LogP contribution >= 0.6 is 0 Å². The third-order valence-corrected chi connectivity index (χ3v) is 5.48. The number of carboxylic acid groups (broad SMARTS) is 1. The van der Waals surface area contributed by atoms with E-state index in [-0.39, 0.29) is 18.4 Å². The van der Waals surface area contributed by atoms with Crippen LogP contribution in [0.4, 0.5) is 10.5 Å². The Bertz CT molecular complexity index is 1020. The molecule has 4 rings (SSSR count). The van der Waals surface area contributed by atoms with Gasteiger partial charge in [0.1, 0.15) is 0 Å². The fourth-order valence-electron chi connectivity index (χ4n) is 4.01. The van der Waals surface area contributed by atoms with Gasteiger partial charge in [-0.25, -0.2) is 4.79 Å². The van der Waals surface area contributed by atoms with E-state index in [2.05, 4.69) is 4.98 Å². The molecule has 1 N–H and O–H groups in total. The van der Waals surface area contributed by atoms with Gasteiger partial charge in [-0.3, -0.25) is 9.78 Å². The summed E-state index contributed by atoms with van der Waals surface area (Å²) in [5.74, 6) is -0.675. The van der Waals surface area contributed by atoms with E-state index in [4.69, 9.17) is 0 Å². The highest BCUT2D eigenvalue weighted by Gasteiger charge is 2.41. The smallest absolute Gasteiger partial charge is 0.407 e. The Morgan fingerprint density at radius 3 is 2.61 bits per heavy atom. The molecular formula is C22H21N3O3. The van der Waals surface area contributed by atoms with Crippen molar-refractivity contribution in [1.82, 2.24) is 9.88 Å². The van der Waals surface area contributed by atoms with Crippen LogP contribution in [0.25, 0.3) is 10.8 Å². The maximum absolute atomic E-state index is 13.4. The van der Waals surface area contributed by atoms with Gasteiger partial charge in [-0.05, 0) is 17.7 Å². The third kappa shape index (κ3) is 3.17. The number of hydrogen-bond acceptors (Lipinski definition) is 3. The van der Waals surface area contributed by atoms with Crippen molar-refractivity contribution in [2.45, 2.75) is 5.92 Å². The van der Waals surface area contributed by atoms with Gasteiger partial charge in [-0.2, -0.15) is 0 Å².